The minimum atomic E-state index is -0.229. The summed E-state index contributed by atoms with van der Waals surface area (Å²) in [6, 6.07) is 7.03. The van der Waals surface area contributed by atoms with Crippen molar-refractivity contribution in [3.8, 4) is 5.75 Å². The molecule has 0 radical (unpaired) electrons. The van der Waals surface area contributed by atoms with E-state index in [4.69, 9.17) is 9.47 Å². The number of anilines is 1. The van der Waals surface area contributed by atoms with Crippen LogP contribution in [0.2, 0.25) is 0 Å². The molecule has 2 amide bonds. The Morgan fingerprint density at radius 1 is 1.43 bits per heavy atom. The fourth-order valence-corrected chi connectivity index (χ4v) is 2.60. The zero-order valence-corrected chi connectivity index (χ0v) is 12.6. The minimum absolute atomic E-state index is 0.152. The van der Waals surface area contributed by atoms with Crippen LogP contribution >= 0.6 is 0 Å². The van der Waals surface area contributed by atoms with E-state index in [2.05, 4.69) is 16.0 Å². The third-order valence-electron chi connectivity index (χ3n) is 3.67. The van der Waals surface area contributed by atoms with E-state index in [-0.39, 0.29) is 11.6 Å². The van der Waals surface area contributed by atoms with Crippen molar-refractivity contribution in [1.82, 2.24) is 10.6 Å². The first-order valence-electron chi connectivity index (χ1n) is 7.10. The summed E-state index contributed by atoms with van der Waals surface area (Å²) in [5.74, 6) is 0.709. The van der Waals surface area contributed by atoms with Crippen LogP contribution in [0.5, 0.6) is 5.75 Å². The van der Waals surface area contributed by atoms with Gasteiger partial charge in [-0.15, -0.1) is 0 Å². The molecule has 0 saturated carbocycles. The predicted molar refractivity (Wildman–Crippen MR) is 81.9 cm³/mol. The van der Waals surface area contributed by atoms with Crippen molar-refractivity contribution < 1.29 is 14.3 Å². The molecule has 1 aliphatic rings. The number of hydrogen-bond acceptors (Lipinski definition) is 4. The molecule has 1 heterocycles. The van der Waals surface area contributed by atoms with Crippen LogP contribution in [0.1, 0.15) is 12.8 Å². The molecule has 3 N–H and O–H groups in total. The number of carbonyl (C=O) groups excluding carboxylic acids is 1. The SMILES string of the molecule is COCC1(CNC(=O)Nc2cccc(OC)c2)CCCN1. The molecule has 1 saturated heterocycles. The summed E-state index contributed by atoms with van der Waals surface area (Å²) in [5.41, 5.74) is 0.549. The van der Waals surface area contributed by atoms with Gasteiger partial charge < -0.3 is 25.4 Å². The van der Waals surface area contributed by atoms with Gasteiger partial charge in [0.2, 0.25) is 0 Å². The van der Waals surface area contributed by atoms with Gasteiger partial charge in [0.15, 0.2) is 0 Å². The van der Waals surface area contributed by atoms with Crippen LogP contribution in [0.15, 0.2) is 24.3 Å². The zero-order valence-electron chi connectivity index (χ0n) is 12.6. The second-order valence-electron chi connectivity index (χ2n) is 5.28. The van der Waals surface area contributed by atoms with E-state index in [1.807, 2.05) is 18.2 Å². The van der Waals surface area contributed by atoms with E-state index >= 15 is 0 Å². The van der Waals surface area contributed by atoms with E-state index in [0.717, 1.165) is 19.4 Å². The molecule has 0 aromatic heterocycles. The molecule has 6 nitrogen and oxygen atoms in total. The first kappa shape index (κ1) is 15.6. The smallest absolute Gasteiger partial charge is 0.319 e. The third-order valence-corrected chi connectivity index (χ3v) is 3.67. The van der Waals surface area contributed by atoms with Gasteiger partial charge in [0.25, 0.3) is 0 Å². The van der Waals surface area contributed by atoms with Crippen molar-refractivity contribution in [2.45, 2.75) is 18.4 Å². The Bertz CT molecular complexity index is 473. The number of ether oxygens (including phenoxy) is 2. The number of methoxy groups -OCH3 is 2. The lowest BCUT2D eigenvalue weighted by Crippen LogP contribution is -2.53. The lowest BCUT2D eigenvalue weighted by atomic mass is 9.99. The van der Waals surface area contributed by atoms with E-state index < -0.39 is 0 Å². The molecular weight excluding hydrogens is 270 g/mol. The lowest BCUT2D eigenvalue weighted by Gasteiger charge is -2.28. The summed E-state index contributed by atoms with van der Waals surface area (Å²) in [6.07, 6.45) is 2.10. The summed E-state index contributed by atoms with van der Waals surface area (Å²) in [7, 11) is 3.28. The van der Waals surface area contributed by atoms with Crippen LogP contribution in [-0.4, -0.2) is 45.5 Å². The number of benzene rings is 1. The van der Waals surface area contributed by atoms with Crippen molar-refractivity contribution in [3.63, 3.8) is 0 Å². The highest BCUT2D eigenvalue weighted by atomic mass is 16.5. The first-order chi connectivity index (χ1) is 10.2. The molecule has 1 aromatic rings. The van der Waals surface area contributed by atoms with Gasteiger partial charge in [0.05, 0.1) is 19.3 Å². The summed E-state index contributed by atoms with van der Waals surface area (Å²) in [6.45, 7) is 2.09. The summed E-state index contributed by atoms with van der Waals surface area (Å²) >= 11 is 0. The normalized spacial score (nSPS) is 21.0. The molecule has 1 aromatic carbocycles. The van der Waals surface area contributed by atoms with Gasteiger partial charge in [-0.2, -0.15) is 0 Å². The largest absolute Gasteiger partial charge is 0.497 e. The average molecular weight is 293 g/mol. The van der Waals surface area contributed by atoms with Gasteiger partial charge in [0.1, 0.15) is 5.75 Å². The maximum atomic E-state index is 12.0. The second kappa shape index (κ2) is 7.28. The van der Waals surface area contributed by atoms with Crippen molar-refractivity contribution in [1.29, 1.82) is 0 Å². The molecule has 1 atom stereocenters. The van der Waals surface area contributed by atoms with E-state index in [9.17, 15) is 4.79 Å². The Balaban J connectivity index is 1.86. The van der Waals surface area contributed by atoms with Crippen LogP contribution in [0, 0.1) is 0 Å². The molecule has 2 rings (SSSR count). The van der Waals surface area contributed by atoms with Crippen molar-refractivity contribution in [3.05, 3.63) is 24.3 Å². The molecular formula is C15H23N3O3. The standard InChI is InChI=1S/C15H23N3O3/c1-20-11-15(7-4-8-17-15)10-16-14(19)18-12-5-3-6-13(9-12)21-2/h3,5-6,9,17H,4,7-8,10-11H2,1-2H3,(H2,16,18,19). The van der Waals surface area contributed by atoms with Crippen LogP contribution in [-0.2, 0) is 4.74 Å². The average Bonchev–Trinajstić information content (AvgIpc) is 2.95. The van der Waals surface area contributed by atoms with Crippen molar-refractivity contribution >= 4 is 11.7 Å². The van der Waals surface area contributed by atoms with Gasteiger partial charge in [-0.3, -0.25) is 0 Å². The lowest BCUT2D eigenvalue weighted by molar-refractivity contribution is 0.120. The fourth-order valence-electron chi connectivity index (χ4n) is 2.60. The number of nitrogens with one attached hydrogen (secondary N) is 3. The molecule has 116 valence electrons. The number of urea groups is 1. The third kappa shape index (κ3) is 4.34. The topological polar surface area (TPSA) is 71.6 Å². The zero-order chi connectivity index (χ0) is 15.1. The minimum Gasteiger partial charge on any atom is -0.497 e. The quantitative estimate of drug-likeness (QED) is 0.745. The maximum Gasteiger partial charge on any atom is 0.319 e. The predicted octanol–water partition coefficient (Wildman–Crippen LogP) is 1.59. The Kier molecular flexibility index (Phi) is 5.41. The Morgan fingerprint density at radius 3 is 2.95 bits per heavy atom. The Morgan fingerprint density at radius 2 is 2.29 bits per heavy atom. The van der Waals surface area contributed by atoms with Gasteiger partial charge in [0, 0.05) is 25.4 Å². The molecule has 21 heavy (non-hydrogen) atoms. The highest BCUT2D eigenvalue weighted by Crippen LogP contribution is 2.19. The molecule has 1 aliphatic heterocycles. The number of amides is 2. The number of carbonyl (C=O) groups is 1. The molecule has 0 bridgehead atoms. The van der Waals surface area contributed by atoms with E-state index in [0.29, 0.717) is 24.6 Å². The van der Waals surface area contributed by atoms with Crippen LogP contribution < -0.4 is 20.7 Å². The number of rotatable bonds is 6. The molecule has 0 spiro atoms. The van der Waals surface area contributed by atoms with E-state index in [1.54, 1.807) is 20.3 Å². The molecule has 1 unspecified atom stereocenters. The highest BCUT2D eigenvalue weighted by Gasteiger charge is 2.33. The summed E-state index contributed by atoms with van der Waals surface area (Å²) in [5, 5.41) is 9.13. The molecule has 6 heteroatoms. The molecule has 1 fully saturated rings. The molecule has 0 aliphatic carbocycles. The van der Waals surface area contributed by atoms with Gasteiger partial charge in [-0.05, 0) is 31.5 Å². The van der Waals surface area contributed by atoms with Crippen LogP contribution in [0.4, 0.5) is 10.5 Å². The summed E-state index contributed by atoms with van der Waals surface area (Å²) in [4.78, 5) is 12.0. The van der Waals surface area contributed by atoms with E-state index in [1.165, 1.54) is 0 Å². The first-order valence-corrected chi connectivity index (χ1v) is 7.10. The van der Waals surface area contributed by atoms with Crippen molar-refractivity contribution in [2.75, 3.05) is 39.2 Å². The van der Waals surface area contributed by atoms with Gasteiger partial charge in [-0.25, -0.2) is 4.79 Å². The second-order valence-corrected chi connectivity index (χ2v) is 5.28. The number of hydrogen-bond donors (Lipinski definition) is 3. The Labute approximate surface area is 125 Å². The Hall–Kier alpha value is -1.79. The van der Waals surface area contributed by atoms with Gasteiger partial charge >= 0.3 is 6.03 Å². The monoisotopic (exact) mass is 293 g/mol. The highest BCUT2D eigenvalue weighted by molar-refractivity contribution is 5.89. The maximum absolute atomic E-state index is 12.0. The fraction of sp³-hybridized carbons (Fsp3) is 0.533. The summed E-state index contributed by atoms with van der Waals surface area (Å²) < 4.78 is 10.4. The van der Waals surface area contributed by atoms with Gasteiger partial charge in [-0.1, -0.05) is 6.07 Å². The van der Waals surface area contributed by atoms with Crippen molar-refractivity contribution in [2.24, 2.45) is 0 Å². The van der Waals surface area contributed by atoms with Crippen LogP contribution in [0.25, 0.3) is 0 Å². The van der Waals surface area contributed by atoms with Crippen LogP contribution in [0.3, 0.4) is 0 Å².